The molecule has 0 aliphatic carbocycles. The zero-order valence-corrected chi connectivity index (χ0v) is 13.8. The second-order valence-electron chi connectivity index (χ2n) is 5.01. The topological polar surface area (TPSA) is 50.1 Å². The van der Waals surface area contributed by atoms with Crippen LogP contribution < -0.4 is 5.56 Å². The molecule has 0 saturated carbocycles. The van der Waals surface area contributed by atoms with Crippen molar-refractivity contribution in [3.63, 3.8) is 0 Å². The van der Waals surface area contributed by atoms with E-state index in [1.807, 2.05) is 24.3 Å². The van der Waals surface area contributed by atoms with Gasteiger partial charge in [0.1, 0.15) is 5.82 Å². The summed E-state index contributed by atoms with van der Waals surface area (Å²) in [7, 11) is 0. The van der Waals surface area contributed by atoms with E-state index in [9.17, 15) is 9.18 Å². The van der Waals surface area contributed by atoms with Crippen molar-refractivity contribution in [2.75, 3.05) is 0 Å². The van der Waals surface area contributed by atoms with Gasteiger partial charge in [0.15, 0.2) is 0 Å². The standard InChI is InChI=1S/C17H13BrFN3O/c1-11-16(10-20-14-4-2-3-12(18)9-14)17(23)22(21-11)15-7-5-13(19)6-8-15/h2-10,21H,1H3. The highest BCUT2D eigenvalue weighted by molar-refractivity contribution is 9.10. The molecule has 1 heterocycles. The molecule has 23 heavy (non-hydrogen) atoms. The number of halogens is 2. The minimum absolute atomic E-state index is 0.229. The Morgan fingerprint density at radius 3 is 2.65 bits per heavy atom. The summed E-state index contributed by atoms with van der Waals surface area (Å²) in [5.41, 5.74) is 2.24. The molecular weight excluding hydrogens is 361 g/mol. The van der Waals surface area contributed by atoms with E-state index in [1.165, 1.54) is 23.0 Å². The molecular formula is C17H13BrFN3O. The maximum atomic E-state index is 13.0. The molecule has 2 aromatic carbocycles. The number of aromatic amines is 1. The number of aliphatic imine (C=N–C) groups is 1. The highest BCUT2D eigenvalue weighted by atomic mass is 79.9. The second kappa shape index (κ2) is 6.34. The lowest BCUT2D eigenvalue weighted by molar-refractivity contribution is 0.627. The van der Waals surface area contributed by atoms with E-state index < -0.39 is 0 Å². The molecule has 3 rings (SSSR count). The third-order valence-electron chi connectivity index (χ3n) is 3.35. The zero-order chi connectivity index (χ0) is 16.4. The minimum atomic E-state index is -0.346. The highest BCUT2D eigenvalue weighted by Crippen LogP contribution is 2.18. The Kier molecular flexibility index (Phi) is 4.25. The van der Waals surface area contributed by atoms with E-state index in [1.54, 1.807) is 19.1 Å². The summed E-state index contributed by atoms with van der Waals surface area (Å²) in [6.45, 7) is 1.80. The van der Waals surface area contributed by atoms with Crippen LogP contribution in [0.5, 0.6) is 0 Å². The number of benzene rings is 2. The van der Waals surface area contributed by atoms with E-state index in [0.29, 0.717) is 16.9 Å². The lowest BCUT2D eigenvalue weighted by Crippen LogP contribution is -2.17. The maximum Gasteiger partial charge on any atom is 0.280 e. The average Bonchev–Trinajstić information content (AvgIpc) is 2.81. The molecule has 1 N–H and O–H groups in total. The van der Waals surface area contributed by atoms with E-state index in [0.717, 1.165) is 10.2 Å². The van der Waals surface area contributed by atoms with Crippen molar-refractivity contribution in [1.29, 1.82) is 0 Å². The van der Waals surface area contributed by atoms with E-state index in [-0.39, 0.29) is 11.4 Å². The predicted molar refractivity (Wildman–Crippen MR) is 92.5 cm³/mol. The molecule has 0 bridgehead atoms. The van der Waals surface area contributed by atoms with E-state index in [2.05, 4.69) is 26.0 Å². The first-order valence-corrected chi connectivity index (χ1v) is 7.71. The van der Waals surface area contributed by atoms with Crippen LogP contribution in [0.15, 0.2) is 62.8 Å². The van der Waals surface area contributed by atoms with Gasteiger partial charge in [-0.15, -0.1) is 0 Å². The molecule has 3 aromatic rings. The van der Waals surface area contributed by atoms with Crippen LogP contribution in [0.3, 0.4) is 0 Å². The molecule has 0 saturated heterocycles. The Morgan fingerprint density at radius 2 is 1.96 bits per heavy atom. The molecule has 0 aliphatic rings. The fourth-order valence-electron chi connectivity index (χ4n) is 2.18. The number of aromatic nitrogens is 2. The molecule has 1 aromatic heterocycles. The van der Waals surface area contributed by atoms with Crippen molar-refractivity contribution in [3.8, 4) is 5.69 Å². The summed E-state index contributed by atoms with van der Waals surface area (Å²) in [5.74, 6) is -0.346. The van der Waals surface area contributed by atoms with Gasteiger partial charge in [0.2, 0.25) is 0 Å². The van der Waals surface area contributed by atoms with Crippen LogP contribution in [0.1, 0.15) is 11.3 Å². The van der Waals surface area contributed by atoms with Gasteiger partial charge in [0.05, 0.1) is 16.9 Å². The molecule has 0 atom stereocenters. The largest absolute Gasteiger partial charge is 0.295 e. The molecule has 6 heteroatoms. The number of nitrogens with one attached hydrogen (secondary N) is 1. The fraction of sp³-hybridized carbons (Fsp3) is 0.0588. The van der Waals surface area contributed by atoms with Crippen LogP contribution in [0, 0.1) is 12.7 Å². The maximum absolute atomic E-state index is 13.0. The van der Waals surface area contributed by atoms with Gasteiger partial charge in [-0.05, 0) is 49.4 Å². The van der Waals surface area contributed by atoms with Crippen LogP contribution in [-0.2, 0) is 0 Å². The highest BCUT2D eigenvalue weighted by Gasteiger charge is 2.10. The predicted octanol–water partition coefficient (Wildman–Crippen LogP) is 4.13. The number of hydrogen-bond acceptors (Lipinski definition) is 2. The first-order valence-electron chi connectivity index (χ1n) is 6.92. The van der Waals surface area contributed by atoms with Gasteiger partial charge in [-0.1, -0.05) is 22.0 Å². The van der Waals surface area contributed by atoms with E-state index >= 15 is 0 Å². The third kappa shape index (κ3) is 3.32. The van der Waals surface area contributed by atoms with Gasteiger partial charge in [0, 0.05) is 16.4 Å². The average molecular weight is 374 g/mol. The van der Waals surface area contributed by atoms with Crippen LogP contribution in [0.25, 0.3) is 5.69 Å². The van der Waals surface area contributed by atoms with E-state index in [4.69, 9.17) is 0 Å². The van der Waals surface area contributed by atoms with Crippen molar-refractivity contribution in [3.05, 3.63) is 80.4 Å². The number of nitrogens with zero attached hydrogens (tertiary/aromatic N) is 2. The van der Waals surface area contributed by atoms with Gasteiger partial charge in [-0.25, -0.2) is 9.07 Å². The molecule has 0 aliphatic heterocycles. The van der Waals surface area contributed by atoms with Gasteiger partial charge < -0.3 is 0 Å². The monoisotopic (exact) mass is 373 g/mol. The molecule has 0 spiro atoms. The smallest absolute Gasteiger partial charge is 0.280 e. The minimum Gasteiger partial charge on any atom is -0.295 e. The number of rotatable bonds is 3. The fourth-order valence-corrected chi connectivity index (χ4v) is 2.57. The number of hydrogen-bond donors (Lipinski definition) is 1. The van der Waals surface area contributed by atoms with Gasteiger partial charge in [0.25, 0.3) is 5.56 Å². The molecule has 0 fully saturated rings. The van der Waals surface area contributed by atoms with Gasteiger partial charge in [-0.2, -0.15) is 0 Å². The lowest BCUT2D eigenvalue weighted by atomic mass is 10.2. The van der Waals surface area contributed by atoms with Gasteiger partial charge in [-0.3, -0.25) is 14.9 Å². The van der Waals surface area contributed by atoms with Crippen molar-refractivity contribution in [2.45, 2.75) is 6.92 Å². The number of aryl methyl sites for hydroxylation is 1. The normalized spacial score (nSPS) is 11.3. The Labute approximate surface area is 140 Å². The van der Waals surface area contributed by atoms with Gasteiger partial charge >= 0.3 is 0 Å². The van der Waals surface area contributed by atoms with Crippen LogP contribution in [-0.4, -0.2) is 16.0 Å². The van der Waals surface area contributed by atoms with Crippen molar-refractivity contribution in [1.82, 2.24) is 9.78 Å². The molecule has 116 valence electrons. The SMILES string of the molecule is Cc1[nH]n(-c2ccc(F)cc2)c(=O)c1C=Nc1cccc(Br)c1. The summed E-state index contributed by atoms with van der Waals surface area (Å²) in [6, 6.07) is 13.2. The summed E-state index contributed by atoms with van der Waals surface area (Å²) in [6.07, 6.45) is 1.54. The van der Waals surface area contributed by atoms with Crippen molar-refractivity contribution >= 4 is 27.8 Å². The van der Waals surface area contributed by atoms with Crippen LogP contribution in [0.4, 0.5) is 10.1 Å². The Hall–Kier alpha value is -2.47. The summed E-state index contributed by atoms with van der Waals surface area (Å²) < 4.78 is 15.3. The molecule has 0 radical (unpaired) electrons. The van der Waals surface area contributed by atoms with Crippen LogP contribution >= 0.6 is 15.9 Å². The lowest BCUT2D eigenvalue weighted by Gasteiger charge is -2.00. The Balaban J connectivity index is 1.98. The van der Waals surface area contributed by atoms with Crippen molar-refractivity contribution < 1.29 is 4.39 Å². The summed E-state index contributed by atoms with van der Waals surface area (Å²) in [5, 5.41) is 2.98. The zero-order valence-electron chi connectivity index (χ0n) is 12.3. The third-order valence-corrected chi connectivity index (χ3v) is 3.85. The Morgan fingerprint density at radius 1 is 1.22 bits per heavy atom. The molecule has 0 unspecified atom stereocenters. The second-order valence-corrected chi connectivity index (χ2v) is 5.92. The first-order chi connectivity index (χ1) is 11.0. The summed E-state index contributed by atoms with van der Waals surface area (Å²) in [4.78, 5) is 16.8. The number of H-pyrrole nitrogens is 1. The Bertz CT molecular complexity index is 926. The molecule has 4 nitrogen and oxygen atoms in total. The summed E-state index contributed by atoms with van der Waals surface area (Å²) >= 11 is 3.38. The van der Waals surface area contributed by atoms with Crippen molar-refractivity contribution in [2.24, 2.45) is 4.99 Å². The van der Waals surface area contributed by atoms with Crippen LogP contribution in [0.2, 0.25) is 0 Å². The quantitative estimate of drug-likeness (QED) is 0.689. The first kappa shape index (κ1) is 15.4. The molecule has 0 amide bonds.